The van der Waals surface area contributed by atoms with Gasteiger partial charge < -0.3 is 14.6 Å². The van der Waals surface area contributed by atoms with Gasteiger partial charge in [0.05, 0.1) is 12.7 Å². The van der Waals surface area contributed by atoms with Crippen molar-refractivity contribution in [1.82, 2.24) is 4.57 Å². The van der Waals surface area contributed by atoms with Gasteiger partial charge in [0.25, 0.3) is 5.91 Å². The summed E-state index contributed by atoms with van der Waals surface area (Å²) in [7, 11) is 1.33. The average molecular weight is 272 g/mol. The van der Waals surface area contributed by atoms with E-state index in [1.54, 1.807) is 30.3 Å². The smallest absolute Gasteiger partial charge is 0.337 e. The lowest BCUT2D eigenvalue weighted by molar-refractivity contribution is 0.0600. The number of amides is 1. The highest BCUT2D eigenvalue weighted by atomic mass is 16.5. The second-order valence-corrected chi connectivity index (χ2v) is 4.20. The normalized spacial score (nSPS) is 10.1. The zero-order chi connectivity index (χ0) is 14.5. The van der Waals surface area contributed by atoms with Gasteiger partial charge in [-0.1, -0.05) is 0 Å². The molecule has 0 radical (unpaired) electrons. The molecule has 0 atom stereocenters. The van der Waals surface area contributed by atoms with Crippen LogP contribution in [0.1, 0.15) is 27.8 Å². The van der Waals surface area contributed by atoms with Crippen LogP contribution in [0.3, 0.4) is 0 Å². The van der Waals surface area contributed by atoms with E-state index < -0.39 is 5.97 Å². The van der Waals surface area contributed by atoms with E-state index in [0.717, 1.165) is 6.54 Å². The van der Waals surface area contributed by atoms with E-state index in [1.165, 1.54) is 7.11 Å². The molecule has 2 rings (SSSR count). The Hall–Kier alpha value is -2.56. The molecule has 0 aliphatic rings. The Morgan fingerprint density at radius 2 is 1.90 bits per heavy atom. The Balaban J connectivity index is 2.10. The molecule has 5 nitrogen and oxygen atoms in total. The molecule has 0 fully saturated rings. The topological polar surface area (TPSA) is 60.3 Å². The number of hydrogen-bond donors (Lipinski definition) is 1. The number of aryl methyl sites for hydroxylation is 1. The molecule has 20 heavy (non-hydrogen) atoms. The van der Waals surface area contributed by atoms with E-state index in [9.17, 15) is 9.59 Å². The van der Waals surface area contributed by atoms with Gasteiger partial charge in [0.15, 0.2) is 0 Å². The summed E-state index contributed by atoms with van der Waals surface area (Å²) in [5.74, 6) is -0.578. The van der Waals surface area contributed by atoms with E-state index >= 15 is 0 Å². The molecule has 1 aromatic heterocycles. The molecular weight excluding hydrogens is 256 g/mol. The molecule has 1 aromatic carbocycles. The van der Waals surface area contributed by atoms with Crippen molar-refractivity contribution < 1.29 is 14.3 Å². The molecule has 104 valence electrons. The van der Waals surface area contributed by atoms with Crippen molar-refractivity contribution in [1.29, 1.82) is 0 Å². The maximum absolute atomic E-state index is 12.1. The standard InChI is InChI=1S/C15H16N2O3/c1-3-17-10-4-5-13(17)14(18)16-12-8-6-11(7-9-12)15(19)20-2/h4-10H,3H2,1-2H3,(H,16,18). The largest absolute Gasteiger partial charge is 0.465 e. The number of anilines is 1. The second-order valence-electron chi connectivity index (χ2n) is 4.20. The number of benzene rings is 1. The van der Waals surface area contributed by atoms with E-state index in [0.29, 0.717) is 16.9 Å². The van der Waals surface area contributed by atoms with Gasteiger partial charge in [-0.25, -0.2) is 4.79 Å². The number of carbonyl (C=O) groups excluding carboxylic acids is 2. The third kappa shape index (κ3) is 2.88. The highest BCUT2D eigenvalue weighted by Crippen LogP contribution is 2.12. The molecule has 1 amide bonds. The van der Waals surface area contributed by atoms with E-state index in [-0.39, 0.29) is 5.91 Å². The minimum Gasteiger partial charge on any atom is -0.465 e. The predicted octanol–water partition coefficient (Wildman–Crippen LogP) is 2.55. The van der Waals surface area contributed by atoms with Gasteiger partial charge in [-0.05, 0) is 43.3 Å². The van der Waals surface area contributed by atoms with Crippen molar-refractivity contribution in [2.45, 2.75) is 13.5 Å². The summed E-state index contributed by atoms with van der Waals surface area (Å²) in [6.45, 7) is 2.71. The first-order valence-electron chi connectivity index (χ1n) is 6.30. The molecule has 0 saturated heterocycles. The number of ether oxygens (including phenoxy) is 1. The van der Waals surface area contributed by atoms with Gasteiger partial charge in [-0.3, -0.25) is 4.79 Å². The summed E-state index contributed by atoms with van der Waals surface area (Å²) in [5.41, 5.74) is 1.68. The molecule has 0 bridgehead atoms. The van der Waals surface area contributed by atoms with Crippen LogP contribution in [0.5, 0.6) is 0 Å². The number of rotatable bonds is 4. The van der Waals surface area contributed by atoms with Crippen LogP contribution in [0.15, 0.2) is 42.6 Å². The fourth-order valence-corrected chi connectivity index (χ4v) is 1.90. The highest BCUT2D eigenvalue weighted by molar-refractivity contribution is 6.03. The first-order chi connectivity index (χ1) is 9.65. The van der Waals surface area contributed by atoms with Crippen molar-refractivity contribution in [2.75, 3.05) is 12.4 Å². The maximum Gasteiger partial charge on any atom is 0.337 e. The Morgan fingerprint density at radius 1 is 1.20 bits per heavy atom. The Labute approximate surface area is 117 Å². The van der Waals surface area contributed by atoms with Crippen molar-refractivity contribution in [2.24, 2.45) is 0 Å². The second kappa shape index (κ2) is 6.06. The molecule has 0 aliphatic carbocycles. The zero-order valence-corrected chi connectivity index (χ0v) is 11.4. The Bertz CT molecular complexity index is 614. The van der Waals surface area contributed by atoms with Crippen LogP contribution < -0.4 is 5.32 Å². The highest BCUT2D eigenvalue weighted by Gasteiger charge is 2.10. The van der Waals surface area contributed by atoms with E-state index in [1.807, 2.05) is 23.8 Å². The lowest BCUT2D eigenvalue weighted by Gasteiger charge is -2.08. The summed E-state index contributed by atoms with van der Waals surface area (Å²) in [6, 6.07) is 10.2. The number of methoxy groups -OCH3 is 1. The number of carbonyl (C=O) groups is 2. The number of nitrogens with zero attached hydrogens (tertiary/aromatic N) is 1. The van der Waals surface area contributed by atoms with Gasteiger partial charge in [0.1, 0.15) is 5.69 Å². The van der Waals surface area contributed by atoms with Gasteiger partial charge in [-0.2, -0.15) is 0 Å². The van der Waals surface area contributed by atoms with Crippen LogP contribution in [-0.4, -0.2) is 23.6 Å². The van der Waals surface area contributed by atoms with Gasteiger partial charge >= 0.3 is 5.97 Å². The van der Waals surface area contributed by atoms with Gasteiger partial charge in [0.2, 0.25) is 0 Å². The number of hydrogen-bond acceptors (Lipinski definition) is 3. The van der Waals surface area contributed by atoms with Crippen molar-refractivity contribution in [3.8, 4) is 0 Å². The molecule has 0 aliphatic heterocycles. The Morgan fingerprint density at radius 3 is 2.50 bits per heavy atom. The summed E-state index contributed by atoms with van der Waals surface area (Å²) in [5, 5.41) is 2.79. The summed E-state index contributed by atoms with van der Waals surface area (Å²) in [6.07, 6.45) is 1.86. The SMILES string of the molecule is CCn1cccc1C(=O)Nc1ccc(C(=O)OC)cc1. The molecular formula is C15H16N2O3. The zero-order valence-electron chi connectivity index (χ0n) is 11.4. The van der Waals surface area contributed by atoms with Gasteiger partial charge in [-0.15, -0.1) is 0 Å². The fraction of sp³-hybridized carbons (Fsp3) is 0.200. The van der Waals surface area contributed by atoms with Crippen LogP contribution in [0.25, 0.3) is 0 Å². The summed E-state index contributed by atoms with van der Waals surface area (Å²) >= 11 is 0. The Kier molecular flexibility index (Phi) is 4.20. The predicted molar refractivity (Wildman–Crippen MR) is 75.8 cm³/mol. The lowest BCUT2D eigenvalue weighted by atomic mass is 10.2. The van der Waals surface area contributed by atoms with E-state index in [4.69, 9.17) is 0 Å². The van der Waals surface area contributed by atoms with Crippen LogP contribution in [0.4, 0.5) is 5.69 Å². The lowest BCUT2D eigenvalue weighted by Crippen LogP contribution is -2.16. The first-order valence-corrected chi connectivity index (χ1v) is 6.30. The van der Waals surface area contributed by atoms with E-state index in [2.05, 4.69) is 10.1 Å². The van der Waals surface area contributed by atoms with Gasteiger partial charge in [0, 0.05) is 18.4 Å². The monoisotopic (exact) mass is 272 g/mol. The quantitative estimate of drug-likeness (QED) is 0.870. The van der Waals surface area contributed by atoms with Crippen LogP contribution in [-0.2, 0) is 11.3 Å². The number of nitrogens with one attached hydrogen (secondary N) is 1. The molecule has 0 unspecified atom stereocenters. The average Bonchev–Trinajstić information content (AvgIpc) is 2.95. The molecule has 1 heterocycles. The maximum atomic E-state index is 12.1. The number of esters is 1. The van der Waals surface area contributed by atoms with Crippen LogP contribution in [0, 0.1) is 0 Å². The molecule has 1 N–H and O–H groups in total. The third-order valence-electron chi connectivity index (χ3n) is 2.97. The van der Waals surface area contributed by atoms with Crippen LogP contribution in [0.2, 0.25) is 0 Å². The minimum atomic E-state index is -0.400. The number of aromatic nitrogens is 1. The van der Waals surface area contributed by atoms with Crippen molar-refractivity contribution in [3.63, 3.8) is 0 Å². The summed E-state index contributed by atoms with van der Waals surface area (Å²) in [4.78, 5) is 23.4. The molecule has 2 aromatic rings. The molecule has 0 saturated carbocycles. The first kappa shape index (κ1) is 13.9. The fourth-order valence-electron chi connectivity index (χ4n) is 1.90. The third-order valence-corrected chi connectivity index (χ3v) is 2.97. The summed E-state index contributed by atoms with van der Waals surface area (Å²) < 4.78 is 6.48. The minimum absolute atomic E-state index is 0.178. The molecule has 0 spiro atoms. The molecule has 5 heteroatoms. The van der Waals surface area contributed by atoms with Crippen molar-refractivity contribution in [3.05, 3.63) is 53.9 Å². The van der Waals surface area contributed by atoms with Crippen molar-refractivity contribution >= 4 is 17.6 Å². The van der Waals surface area contributed by atoms with Crippen LogP contribution >= 0.6 is 0 Å².